The van der Waals surface area contributed by atoms with Gasteiger partial charge in [-0.05, 0) is 47.5 Å². The number of rotatable bonds is 5. The van der Waals surface area contributed by atoms with E-state index in [9.17, 15) is 4.79 Å². The van der Waals surface area contributed by atoms with Gasteiger partial charge in [0.25, 0.3) is 0 Å². The Kier molecular flexibility index (Phi) is 6.94. The fourth-order valence-electron chi connectivity index (χ4n) is 2.98. The van der Waals surface area contributed by atoms with Crippen molar-refractivity contribution < 1.29 is 14.6 Å². The average molecular weight is 300 g/mol. The van der Waals surface area contributed by atoms with Crippen molar-refractivity contribution >= 4 is 6.09 Å². The Morgan fingerprint density at radius 1 is 1.33 bits per heavy atom. The van der Waals surface area contributed by atoms with E-state index in [1.54, 1.807) is 0 Å². The first-order valence-electron chi connectivity index (χ1n) is 8.12. The lowest BCUT2D eigenvalue weighted by atomic mass is 9.88. The van der Waals surface area contributed by atoms with Crippen molar-refractivity contribution in [1.82, 2.24) is 10.2 Å². The molecule has 0 radical (unpaired) electrons. The maximum absolute atomic E-state index is 12.5. The molecule has 0 saturated heterocycles. The van der Waals surface area contributed by atoms with Crippen LogP contribution in [0.3, 0.4) is 0 Å². The zero-order chi connectivity index (χ0) is 16.0. The van der Waals surface area contributed by atoms with Crippen LogP contribution in [0.15, 0.2) is 0 Å². The number of hydrogen-bond donors (Lipinski definition) is 2. The average Bonchev–Trinajstić information content (AvgIpc) is 2.35. The van der Waals surface area contributed by atoms with E-state index >= 15 is 0 Å². The second kappa shape index (κ2) is 7.99. The number of amides is 1. The molecule has 2 N–H and O–H groups in total. The molecule has 1 amide bonds. The predicted octanol–water partition coefficient (Wildman–Crippen LogP) is 2.53. The van der Waals surface area contributed by atoms with Crippen LogP contribution in [-0.4, -0.2) is 53.0 Å². The summed E-state index contributed by atoms with van der Waals surface area (Å²) in [4.78, 5) is 14.4. The molecule has 0 aromatic heterocycles. The molecule has 0 aromatic rings. The lowest BCUT2D eigenvalue weighted by molar-refractivity contribution is -0.00116. The number of aliphatic hydroxyl groups excluding tert-OH is 1. The fourth-order valence-corrected chi connectivity index (χ4v) is 2.98. The molecule has 1 aliphatic rings. The van der Waals surface area contributed by atoms with Crippen molar-refractivity contribution in [3.8, 4) is 0 Å². The number of nitrogens with one attached hydrogen (secondary N) is 1. The van der Waals surface area contributed by atoms with Crippen LogP contribution in [0, 0.1) is 0 Å². The molecule has 0 aliphatic heterocycles. The third-order valence-corrected chi connectivity index (χ3v) is 3.77. The van der Waals surface area contributed by atoms with Crippen LogP contribution in [0.4, 0.5) is 4.79 Å². The van der Waals surface area contributed by atoms with E-state index in [4.69, 9.17) is 9.84 Å². The van der Waals surface area contributed by atoms with Gasteiger partial charge in [-0.3, -0.25) is 0 Å². The van der Waals surface area contributed by atoms with Gasteiger partial charge in [0.2, 0.25) is 0 Å². The first-order valence-corrected chi connectivity index (χ1v) is 8.12. The second-order valence-electron chi connectivity index (χ2n) is 7.12. The van der Waals surface area contributed by atoms with Gasteiger partial charge < -0.3 is 20.1 Å². The molecule has 0 unspecified atom stereocenters. The van der Waals surface area contributed by atoms with E-state index < -0.39 is 5.60 Å². The fraction of sp³-hybridized carbons (Fsp3) is 0.938. The van der Waals surface area contributed by atoms with Gasteiger partial charge in [0.05, 0.1) is 12.6 Å². The molecule has 0 bridgehead atoms. The molecule has 0 aromatic carbocycles. The van der Waals surface area contributed by atoms with E-state index in [2.05, 4.69) is 5.32 Å². The topological polar surface area (TPSA) is 61.8 Å². The minimum Gasteiger partial charge on any atom is -0.444 e. The summed E-state index contributed by atoms with van der Waals surface area (Å²) < 4.78 is 5.58. The van der Waals surface area contributed by atoms with Crippen LogP contribution in [-0.2, 0) is 4.74 Å². The Balaban J connectivity index is 2.83. The van der Waals surface area contributed by atoms with Crippen molar-refractivity contribution in [3.63, 3.8) is 0 Å². The maximum atomic E-state index is 12.5. The highest BCUT2D eigenvalue weighted by Crippen LogP contribution is 2.26. The third kappa shape index (κ3) is 5.83. The number of ether oxygens (including phenoxy) is 1. The molecule has 21 heavy (non-hydrogen) atoms. The lowest BCUT2D eigenvalue weighted by Crippen LogP contribution is -2.57. The highest BCUT2D eigenvalue weighted by Gasteiger charge is 2.36. The molecule has 1 aliphatic carbocycles. The summed E-state index contributed by atoms with van der Waals surface area (Å²) in [5, 5.41) is 12.4. The van der Waals surface area contributed by atoms with Gasteiger partial charge in [-0.25, -0.2) is 4.79 Å². The number of carbonyl (C=O) groups is 1. The molecule has 5 nitrogen and oxygen atoms in total. The molecular weight excluding hydrogens is 268 g/mol. The largest absolute Gasteiger partial charge is 0.444 e. The van der Waals surface area contributed by atoms with Crippen LogP contribution in [0.2, 0.25) is 0 Å². The van der Waals surface area contributed by atoms with E-state index in [0.29, 0.717) is 6.54 Å². The van der Waals surface area contributed by atoms with Crippen LogP contribution in [0.25, 0.3) is 0 Å². The maximum Gasteiger partial charge on any atom is 0.410 e. The molecule has 0 heterocycles. The van der Waals surface area contributed by atoms with Crippen molar-refractivity contribution in [2.75, 3.05) is 13.2 Å². The zero-order valence-electron chi connectivity index (χ0n) is 14.2. The highest BCUT2D eigenvalue weighted by molar-refractivity contribution is 5.69. The van der Waals surface area contributed by atoms with Gasteiger partial charge in [0, 0.05) is 18.6 Å². The van der Waals surface area contributed by atoms with Crippen molar-refractivity contribution in [2.45, 2.75) is 84.0 Å². The zero-order valence-corrected chi connectivity index (χ0v) is 14.2. The number of aliphatic hydroxyl groups is 1. The molecule has 1 rings (SSSR count). The monoisotopic (exact) mass is 300 g/mol. The van der Waals surface area contributed by atoms with E-state index in [-0.39, 0.29) is 30.8 Å². The first kappa shape index (κ1) is 18.2. The Morgan fingerprint density at radius 3 is 2.48 bits per heavy atom. The Hall–Kier alpha value is -0.810. The number of hydrogen-bond acceptors (Lipinski definition) is 4. The molecule has 1 saturated carbocycles. The molecule has 124 valence electrons. The second-order valence-corrected chi connectivity index (χ2v) is 7.12. The standard InChI is InChI=1S/C16H32N2O3/c1-12(2)18(15(20)21-16(3,4)5)14-9-7-6-8-13(14)17-10-11-19/h12-14,17,19H,6-11H2,1-5H3/t13-,14+/m0/s1. The van der Waals surface area contributed by atoms with Gasteiger partial charge in [0.1, 0.15) is 5.60 Å². The quantitative estimate of drug-likeness (QED) is 0.819. The van der Waals surface area contributed by atoms with Crippen LogP contribution in [0.5, 0.6) is 0 Å². The minimum absolute atomic E-state index is 0.0985. The number of carbonyl (C=O) groups excluding carboxylic acids is 1. The first-order chi connectivity index (χ1) is 9.76. The smallest absolute Gasteiger partial charge is 0.410 e. The van der Waals surface area contributed by atoms with E-state index in [0.717, 1.165) is 19.3 Å². The summed E-state index contributed by atoms with van der Waals surface area (Å²) in [5.74, 6) is 0. The van der Waals surface area contributed by atoms with Gasteiger partial charge in [0.15, 0.2) is 0 Å². The predicted molar refractivity (Wildman–Crippen MR) is 84.3 cm³/mol. The molecule has 1 fully saturated rings. The summed E-state index contributed by atoms with van der Waals surface area (Å²) in [6.45, 7) is 10.4. The van der Waals surface area contributed by atoms with Crippen molar-refractivity contribution in [2.24, 2.45) is 0 Å². The van der Waals surface area contributed by atoms with Crippen molar-refractivity contribution in [3.05, 3.63) is 0 Å². The molecule has 0 spiro atoms. The van der Waals surface area contributed by atoms with Gasteiger partial charge >= 0.3 is 6.09 Å². The Morgan fingerprint density at radius 2 is 1.95 bits per heavy atom. The van der Waals surface area contributed by atoms with Crippen molar-refractivity contribution in [1.29, 1.82) is 0 Å². The normalized spacial score (nSPS) is 23.2. The SMILES string of the molecule is CC(C)N(C(=O)OC(C)(C)C)[C@@H]1CCCC[C@@H]1NCCO. The molecular formula is C16H32N2O3. The van der Waals surface area contributed by atoms with Gasteiger partial charge in [-0.1, -0.05) is 12.8 Å². The molecule has 5 heteroatoms. The molecule has 2 atom stereocenters. The van der Waals surface area contributed by atoms with Crippen LogP contribution >= 0.6 is 0 Å². The third-order valence-electron chi connectivity index (χ3n) is 3.77. The highest BCUT2D eigenvalue weighted by atomic mass is 16.6. The summed E-state index contributed by atoms with van der Waals surface area (Å²) in [6.07, 6.45) is 4.09. The summed E-state index contributed by atoms with van der Waals surface area (Å²) >= 11 is 0. The minimum atomic E-state index is -0.479. The Labute approximate surface area is 129 Å². The van der Waals surface area contributed by atoms with Gasteiger partial charge in [-0.2, -0.15) is 0 Å². The van der Waals surface area contributed by atoms with Gasteiger partial charge in [-0.15, -0.1) is 0 Å². The van der Waals surface area contributed by atoms with Crippen LogP contribution < -0.4 is 5.32 Å². The summed E-state index contributed by atoms with van der Waals surface area (Å²) in [6, 6.07) is 0.474. The van der Waals surface area contributed by atoms with E-state index in [1.807, 2.05) is 39.5 Å². The van der Waals surface area contributed by atoms with E-state index in [1.165, 1.54) is 6.42 Å². The summed E-state index contributed by atoms with van der Waals surface area (Å²) in [5.41, 5.74) is -0.479. The lowest BCUT2D eigenvalue weighted by Gasteiger charge is -2.42. The van der Waals surface area contributed by atoms with Crippen LogP contribution in [0.1, 0.15) is 60.3 Å². The number of nitrogens with zero attached hydrogens (tertiary/aromatic N) is 1. The Bertz CT molecular complexity index is 326. The summed E-state index contributed by atoms with van der Waals surface area (Å²) in [7, 11) is 0.